The number of para-hydroxylation sites is 1. The van der Waals surface area contributed by atoms with Crippen molar-refractivity contribution >= 4 is 12.1 Å². The van der Waals surface area contributed by atoms with E-state index in [4.69, 9.17) is 4.74 Å². The number of carbonyl (C=O) groups is 1. The number of likely N-dealkylation sites (tertiary alicyclic amines) is 1. The predicted octanol–water partition coefficient (Wildman–Crippen LogP) is 3.41. The van der Waals surface area contributed by atoms with E-state index >= 15 is 0 Å². The molecule has 1 fully saturated rings. The molecule has 0 aliphatic carbocycles. The zero-order valence-corrected chi connectivity index (χ0v) is 14.2. The maximum Gasteiger partial charge on any atom is 0.254 e. The standard InChI is InChI=1S/C20H23N3O2/c24-20(16-23-12-5-2-6-13-23)22-21-15-17-8-7-11-19(14-17)25-18-9-3-1-4-10-18/h1,3-4,7-11,14-15H,2,5-6,12-13,16H2,(H,22,24). The van der Waals surface area contributed by atoms with E-state index in [1.54, 1.807) is 6.21 Å². The van der Waals surface area contributed by atoms with Crippen molar-refractivity contribution in [2.24, 2.45) is 5.10 Å². The molecule has 5 heteroatoms. The Morgan fingerprint density at radius 2 is 1.80 bits per heavy atom. The Labute approximate surface area is 148 Å². The Hall–Kier alpha value is -2.66. The molecule has 1 saturated heterocycles. The number of amides is 1. The van der Waals surface area contributed by atoms with Crippen LogP contribution in [0.3, 0.4) is 0 Å². The number of piperidine rings is 1. The quantitative estimate of drug-likeness (QED) is 0.649. The van der Waals surface area contributed by atoms with Gasteiger partial charge in [0.25, 0.3) is 5.91 Å². The number of benzene rings is 2. The SMILES string of the molecule is O=C(CN1CCCCC1)NN=Cc1cccc(Oc2ccccc2)c1. The third-order valence-corrected chi connectivity index (χ3v) is 4.06. The summed E-state index contributed by atoms with van der Waals surface area (Å²) >= 11 is 0. The predicted molar refractivity (Wildman–Crippen MR) is 99.0 cm³/mol. The Morgan fingerprint density at radius 3 is 2.60 bits per heavy atom. The van der Waals surface area contributed by atoms with Gasteiger partial charge in [-0.05, 0) is 55.8 Å². The van der Waals surface area contributed by atoms with Gasteiger partial charge < -0.3 is 4.74 Å². The molecular formula is C20H23N3O2. The molecule has 0 radical (unpaired) electrons. The summed E-state index contributed by atoms with van der Waals surface area (Å²) in [5.74, 6) is 1.44. The van der Waals surface area contributed by atoms with E-state index < -0.39 is 0 Å². The number of ether oxygens (including phenoxy) is 1. The van der Waals surface area contributed by atoms with Gasteiger partial charge in [0.1, 0.15) is 11.5 Å². The molecule has 25 heavy (non-hydrogen) atoms. The number of nitrogens with zero attached hydrogens (tertiary/aromatic N) is 2. The third kappa shape index (κ3) is 5.72. The minimum absolute atomic E-state index is 0.0742. The van der Waals surface area contributed by atoms with Crippen molar-refractivity contribution in [1.82, 2.24) is 10.3 Å². The van der Waals surface area contributed by atoms with Crippen molar-refractivity contribution in [3.8, 4) is 11.5 Å². The van der Waals surface area contributed by atoms with Crippen molar-refractivity contribution in [3.05, 3.63) is 60.2 Å². The topological polar surface area (TPSA) is 53.9 Å². The molecule has 1 amide bonds. The lowest BCUT2D eigenvalue weighted by atomic mass is 10.1. The average molecular weight is 337 g/mol. The first-order valence-corrected chi connectivity index (χ1v) is 8.67. The van der Waals surface area contributed by atoms with Crippen LogP contribution >= 0.6 is 0 Å². The van der Waals surface area contributed by atoms with Crippen LogP contribution < -0.4 is 10.2 Å². The lowest BCUT2D eigenvalue weighted by Crippen LogP contribution is -2.38. The Kier molecular flexibility index (Phi) is 6.17. The summed E-state index contributed by atoms with van der Waals surface area (Å²) in [6.45, 7) is 2.40. The fourth-order valence-corrected chi connectivity index (χ4v) is 2.82. The molecule has 1 N–H and O–H groups in total. The van der Waals surface area contributed by atoms with Crippen LogP contribution in [0.2, 0.25) is 0 Å². The minimum Gasteiger partial charge on any atom is -0.457 e. The van der Waals surface area contributed by atoms with Crippen LogP contribution in [0.25, 0.3) is 0 Å². The summed E-state index contributed by atoms with van der Waals surface area (Å²) in [7, 11) is 0. The molecule has 2 aromatic carbocycles. The van der Waals surface area contributed by atoms with Gasteiger partial charge in [0.2, 0.25) is 0 Å². The third-order valence-electron chi connectivity index (χ3n) is 4.06. The average Bonchev–Trinajstić information content (AvgIpc) is 2.64. The number of nitrogens with one attached hydrogen (secondary N) is 1. The summed E-state index contributed by atoms with van der Waals surface area (Å²) in [5.41, 5.74) is 3.46. The van der Waals surface area contributed by atoms with Gasteiger partial charge in [-0.2, -0.15) is 5.10 Å². The molecule has 1 aliphatic heterocycles. The Balaban J connectivity index is 1.51. The molecule has 5 nitrogen and oxygen atoms in total. The molecule has 0 saturated carbocycles. The van der Waals surface area contributed by atoms with Crippen molar-refractivity contribution in [2.45, 2.75) is 19.3 Å². The van der Waals surface area contributed by atoms with E-state index in [1.165, 1.54) is 19.3 Å². The Morgan fingerprint density at radius 1 is 1.04 bits per heavy atom. The van der Waals surface area contributed by atoms with E-state index in [1.807, 2.05) is 54.6 Å². The molecule has 1 aliphatic rings. The van der Waals surface area contributed by atoms with Crippen molar-refractivity contribution in [1.29, 1.82) is 0 Å². The molecule has 1 heterocycles. The number of carbonyl (C=O) groups excluding carboxylic acids is 1. The van der Waals surface area contributed by atoms with Gasteiger partial charge in [-0.25, -0.2) is 5.43 Å². The zero-order chi connectivity index (χ0) is 17.3. The first-order chi connectivity index (χ1) is 12.3. The lowest BCUT2D eigenvalue weighted by molar-refractivity contribution is -0.122. The lowest BCUT2D eigenvalue weighted by Gasteiger charge is -2.25. The van der Waals surface area contributed by atoms with Crippen LogP contribution in [0.1, 0.15) is 24.8 Å². The molecule has 0 aromatic heterocycles. The summed E-state index contributed by atoms with van der Waals surface area (Å²) in [6.07, 6.45) is 5.24. The second-order valence-corrected chi connectivity index (χ2v) is 6.12. The van der Waals surface area contributed by atoms with Crippen LogP contribution in [-0.4, -0.2) is 36.7 Å². The second-order valence-electron chi connectivity index (χ2n) is 6.12. The molecule has 0 spiro atoms. The van der Waals surface area contributed by atoms with Gasteiger partial charge >= 0.3 is 0 Å². The first-order valence-electron chi connectivity index (χ1n) is 8.67. The van der Waals surface area contributed by atoms with Crippen LogP contribution in [0.5, 0.6) is 11.5 Å². The molecule has 2 aromatic rings. The molecule has 0 bridgehead atoms. The monoisotopic (exact) mass is 337 g/mol. The fourth-order valence-electron chi connectivity index (χ4n) is 2.82. The van der Waals surface area contributed by atoms with E-state index in [9.17, 15) is 4.79 Å². The smallest absolute Gasteiger partial charge is 0.254 e. The van der Waals surface area contributed by atoms with Gasteiger partial charge in [-0.15, -0.1) is 0 Å². The van der Waals surface area contributed by atoms with E-state index in [0.717, 1.165) is 30.2 Å². The number of hydrazone groups is 1. The largest absolute Gasteiger partial charge is 0.457 e. The molecular weight excluding hydrogens is 314 g/mol. The molecule has 0 atom stereocenters. The van der Waals surface area contributed by atoms with Crippen molar-refractivity contribution in [2.75, 3.05) is 19.6 Å². The maximum absolute atomic E-state index is 11.9. The van der Waals surface area contributed by atoms with Gasteiger partial charge in [-0.1, -0.05) is 36.8 Å². The fraction of sp³-hybridized carbons (Fsp3) is 0.300. The highest BCUT2D eigenvalue weighted by atomic mass is 16.5. The highest BCUT2D eigenvalue weighted by Gasteiger charge is 2.13. The summed E-state index contributed by atoms with van der Waals surface area (Å²) < 4.78 is 5.79. The number of hydrogen-bond donors (Lipinski definition) is 1. The van der Waals surface area contributed by atoms with Gasteiger partial charge in [0.05, 0.1) is 12.8 Å². The highest BCUT2D eigenvalue weighted by molar-refractivity contribution is 5.83. The van der Waals surface area contributed by atoms with Crippen molar-refractivity contribution < 1.29 is 9.53 Å². The normalized spacial score (nSPS) is 15.2. The first kappa shape index (κ1) is 17.2. The van der Waals surface area contributed by atoms with Crippen LogP contribution in [-0.2, 0) is 4.79 Å². The van der Waals surface area contributed by atoms with Crippen LogP contribution in [0, 0.1) is 0 Å². The van der Waals surface area contributed by atoms with Crippen molar-refractivity contribution in [3.63, 3.8) is 0 Å². The van der Waals surface area contributed by atoms with Gasteiger partial charge in [-0.3, -0.25) is 9.69 Å². The van der Waals surface area contributed by atoms with Crippen LogP contribution in [0.4, 0.5) is 0 Å². The van der Waals surface area contributed by atoms with Gasteiger partial charge in [0, 0.05) is 0 Å². The van der Waals surface area contributed by atoms with E-state index in [0.29, 0.717) is 6.54 Å². The summed E-state index contributed by atoms with van der Waals surface area (Å²) in [6, 6.07) is 17.2. The van der Waals surface area contributed by atoms with E-state index in [-0.39, 0.29) is 5.91 Å². The molecule has 0 unspecified atom stereocenters. The highest BCUT2D eigenvalue weighted by Crippen LogP contribution is 2.21. The molecule has 130 valence electrons. The number of rotatable bonds is 6. The zero-order valence-electron chi connectivity index (χ0n) is 14.2. The van der Waals surface area contributed by atoms with Gasteiger partial charge in [0.15, 0.2) is 0 Å². The van der Waals surface area contributed by atoms with E-state index in [2.05, 4.69) is 15.4 Å². The maximum atomic E-state index is 11.9. The summed E-state index contributed by atoms with van der Waals surface area (Å²) in [5, 5.41) is 4.05. The Bertz CT molecular complexity index is 710. The number of hydrogen-bond acceptors (Lipinski definition) is 4. The second kappa shape index (κ2) is 8.99. The molecule has 3 rings (SSSR count). The van der Waals surface area contributed by atoms with Crippen LogP contribution in [0.15, 0.2) is 59.7 Å². The minimum atomic E-state index is -0.0742. The summed E-state index contributed by atoms with van der Waals surface area (Å²) in [4.78, 5) is 14.1.